The van der Waals surface area contributed by atoms with Crippen LogP contribution < -0.4 is 0 Å². The van der Waals surface area contributed by atoms with Crippen molar-refractivity contribution in [2.75, 3.05) is 13.1 Å². The topological polar surface area (TPSA) is 45.6 Å². The number of hydrogen-bond donors (Lipinski definition) is 0. The van der Waals surface area contributed by atoms with Crippen molar-refractivity contribution in [2.45, 2.75) is 38.9 Å². The van der Waals surface area contributed by atoms with E-state index in [0.29, 0.717) is 19.5 Å². The van der Waals surface area contributed by atoms with E-state index in [4.69, 9.17) is 0 Å². The van der Waals surface area contributed by atoms with Crippen LogP contribution >= 0.6 is 0 Å². The Kier molecular flexibility index (Phi) is 4.07. The highest BCUT2D eigenvalue weighted by Gasteiger charge is 2.31. The van der Waals surface area contributed by atoms with Crippen LogP contribution in [0.1, 0.15) is 47.4 Å². The van der Waals surface area contributed by atoms with E-state index in [9.17, 15) is 9.59 Å². The van der Waals surface area contributed by atoms with Crippen molar-refractivity contribution >= 4 is 11.8 Å². The molecule has 0 saturated carbocycles. The second-order valence-corrected chi connectivity index (χ2v) is 6.77. The highest BCUT2D eigenvalue weighted by atomic mass is 16.2. The first-order chi connectivity index (χ1) is 12.2. The van der Waals surface area contributed by atoms with Gasteiger partial charge in [0.1, 0.15) is 0 Å². The zero-order chi connectivity index (χ0) is 17.4. The molecule has 0 radical (unpaired) electrons. The van der Waals surface area contributed by atoms with Gasteiger partial charge in [0.2, 0.25) is 5.91 Å². The van der Waals surface area contributed by atoms with Crippen LogP contribution in [0.2, 0.25) is 0 Å². The van der Waals surface area contributed by atoms with E-state index in [1.807, 2.05) is 35.2 Å². The summed E-state index contributed by atoms with van der Waals surface area (Å²) in [5.41, 5.74) is 3.05. The number of carbonyl (C=O) groups excluding carboxylic acids is 2. The molecule has 130 valence electrons. The molecule has 0 unspecified atom stereocenters. The van der Waals surface area contributed by atoms with E-state index < -0.39 is 0 Å². The molecule has 1 atom stereocenters. The van der Waals surface area contributed by atoms with Gasteiger partial charge in [0.15, 0.2) is 0 Å². The van der Waals surface area contributed by atoms with Gasteiger partial charge in [-0.3, -0.25) is 9.59 Å². The lowest BCUT2D eigenvalue weighted by molar-refractivity contribution is -0.135. The summed E-state index contributed by atoms with van der Waals surface area (Å²) in [7, 11) is 0. The summed E-state index contributed by atoms with van der Waals surface area (Å²) < 4.78 is 2.23. The lowest BCUT2D eigenvalue weighted by atomic mass is 10.1. The average molecular weight is 337 g/mol. The fraction of sp³-hybridized carbons (Fsp3) is 0.400. The second kappa shape index (κ2) is 6.39. The van der Waals surface area contributed by atoms with Gasteiger partial charge in [0.25, 0.3) is 5.91 Å². The fourth-order valence-corrected chi connectivity index (χ4v) is 4.06. The van der Waals surface area contributed by atoms with Gasteiger partial charge < -0.3 is 14.4 Å². The van der Waals surface area contributed by atoms with Crippen molar-refractivity contribution in [3.63, 3.8) is 0 Å². The normalized spacial score (nSPS) is 19.1. The summed E-state index contributed by atoms with van der Waals surface area (Å²) in [5, 5.41) is 0. The number of aromatic nitrogens is 1. The van der Waals surface area contributed by atoms with Gasteiger partial charge >= 0.3 is 0 Å². The third kappa shape index (κ3) is 2.73. The van der Waals surface area contributed by atoms with Crippen LogP contribution in [0.3, 0.4) is 0 Å². The first kappa shape index (κ1) is 15.9. The summed E-state index contributed by atoms with van der Waals surface area (Å²) in [5.74, 6) is 0.186. The maximum atomic E-state index is 12.8. The molecule has 0 bridgehead atoms. The Bertz CT molecular complexity index is 811. The number of fused-ring (bicyclic) bond motifs is 2. The van der Waals surface area contributed by atoms with E-state index in [1.54, 1.807) is 4.90 Å². The SMILES string of the molecule is CC[C@H]1c2cccn2CCN1C(=O)CCN1Cc2ccccc2C1=O. The maximum Gasteiger partial charge on any atom is 0.254 e. The lowest BCUT2D eigenvalue weighted by Crippen LogP contribution is -2.42. The Morgan fingerprint density at radius 3 is 2.80 bits per heavy atom. The molecular weight excluding hydrogens is 314 g/mol. The van der Waals surface area contributed by atoms with Crippen molar-refractivity contribution < 1.29 is 9.59 Å². The van der Waals surface area contributed by atoms with Crippen molar-refractivity contribution in [1.29, 1.82) is 0 Å². The highest BCUT2D eigenvalue weighted by molar-refractivity contribution is 5.98. The molecule has 1 aromatic carbocycles. The van der Waals surface area contributed by atoms with Crippen molar-refractivity contribution in [2.24, 2.45) is 0 Å². The first-order valence-corrected chi connectivity index (χ1v) is 9.00. The molecule has 25 heavy (non-hydrogen) atoms. The van der Waals surface area contributed by atoms with Crippen molar-refractivity contribution in [1.82, 2.24) is 14.4 Å². The van der Waals surface area contributed by atoms with Crippen LogP contribution in [0.5, 0.6) is 0 Å². The number of hydrogen-bond acceptors (Lipinski definition) is 2. The molecule has 0 spiro atoms. The van der Waals surface area contributed by atoms with Crippen LogP contribution in [-0.4, -0.2) is 39.3 Å². The standard InChI is InChI=1S/C20H23N3O2/c1-2-17-18-8-5-10-21(18)12-13-23(17)19(24)9-11-22-14-15-6-3-4-7-16(15)20(22)25/h3-8,10,17H,2,9,11-14H2,1H3/t17-/m0/s1. The van der Waals surface area contributed by atoms with Gasteiger partial charge in [-0.25, -0.2) is 0 Å². The minimum atomic E-state index is 0.0444. The number of benzene rings is 1. The third-order valence-corrected chi connectivity index (χ3v) is 5.36. The van der Waals surface area contributed by atoms with Crippen LogP contribution in [0.15, 0.2) is 42.6 Å². The van der Waals surface area contributed by atoms with Crippen molar-refractivity contribution in [3.05, 3.63) is 59.4 Å². The number of nitrogens with zero attached hydrogens (tertiary/aromatic N) is 3. The van der Waals surface area contributed by atoms with Gasteiger partial charge in [-0.15, -0.1) is 0 Å². The molecule has 0 N–H and O–H groups in total. The fourth-order valence-electron chi connectivity index (χ4n) is 4.06. The highest BCUT2D eigenvalue weighted by Crippen LogP contribution is 2.29. The lowest BCUT2D eigenvalue weighted by Gasteiger charge is -2.37. The zero-order valence-electron chi connectivity index (χ0n) is 14.5. The summed E-state index contributed by atoms with van der Waals surface area (Å²) in [6, 6.07) is 12.0. The molecule has 1 aromatic heterocycles. The van der Waals surface area contributed by atoms with E-state index in [0.717, 1.165) is 30.6 Å². The van der Waals surface area contributed by atoms with Crippen LogP contribution in [0, 0.1) is 0 Å². The molecule has 2 aliphatic heterocycles. The van der Waals surface area contributed by atoms with Gasteiger partial charge in [-0.2, -0.15) is 0 Å². The van der Waals surface area contributed by atoms with Crippen LogP contribution in [-0.2, 0) is 17.9 Å². The molecule has 0 fully saturated rings. The monoisotopic (exact) mass is 337 g/mol. The Morgan fingerprint density at radius 1 is 1.16 bits per heavy atom. The maximum absolute atomic E-state index is 12.8. The number of rotatable bonds is 4. The molecular formula is C20H23N3O2. The van der Waals surface area contributed by atoms with E-state index >= 15 is 0 Å². The van der Waals surface area contributed by atoms with Crippen LogP contribution in [0.4, 0.5) is 0 Å². The average Bonchev–Trinajstić information content (AvgIpc) is 3.23. The number of carbonyl (C=O) groups is 2. The molecule has 2 aliphatic rings. The molecule has 4 rings (SSSR count). The minimum absolute atomic E-state index is 0.0444. The first-order valence-electron chi connectivity index (χ1n) is 9.00. The minimum Gasteiger partial charge on any atom is -0.348 e. The molecule has 2 aromatic rings. The Balaban J connectivity index is 1.41. The molecule has 5 nitrogen and oxygen atoms in total. The van der Waals surface area contributed by atoms with Crippen LogP contribution in [0.25, 0.3) is 0 Å². The van der Waals surface area contributed by atoms with Gasteiger partial charge in [-0.05, 0) is 30.2 Å². The largest absolute Gasteiger partial charge is 0.348 e. The summed E-state index contributed by atoms with van der Waals surface area (Å²) in [6.45, 7) is 4.81. The summed E-state index contributed by atoms with van der Waals surface area (Å²) >= 11 is 0. The smallest absolute Gasteiger partial charge is 0.254 e. The predicted octanol–water partition coefficient (Wildman–Crippen LogP) is 2.83. The zero-order valence-corrected chi connectivity index (χ0v) is 14.5. The van der Waals surface area contributed by atoms with E-state index in [2.05, 4.69) is 23.8 Å². The Morgan fingerprint density at radius 2 is 2.00 bits per heavy atom. The Hall–Kier alpha value is -2.56. The molecule has 0 saturated heterocycles. The summed E-state index contributed by atoms with van der Waals surface area (Å²) in [6.07, 6.45) is 3.38. The summed E-state index contributed by atoms with van der Waals surface area (Å²) in [4.78, 5) is 29.0. The van der Waals surface area contributed by atoms with Gasteiger partial charge in [-0.1, -0.05) is 25.1 Å². The van der Waals surface area contributed by atoms with Gasteiger partial charge in [0, 0.05) is 50.1 Å². The Labute approximate surface area is 147 Å². The molecule has 2 amide bonds. The van der Waals surface area contributed by atoms with E-state index in [1.165, 1.54) is 5.69 Å². The second-order valence-electron chi connectivity index (χ2n) is 6.77. The third-order valence-electron chi connectivity index (χ3n) is 5.36. The quantitative estimate of drug-likeness (QED) is 0.861. The molecule has 5 heteroatoms. The van der Waals surface area contributed by atoms with Crippen molar-refractivity contribution in [3.8, 4) is 0 Å². The van der Waals surface area contributed by atoms with Gasteiger partial charge in [0.05, 0.1) is 6.04 Å². The molecule has 0 aliphatic carbocycles. The van der Waals surface area contributed by atoms with E-state index in [-0.39, 0.29) is 17.9 Å². The molecule has 3 heterocycles. The predicted molar refractivity (Wildman–Crippen MR) is 95.0 cm³/mol. The number of amides is 2.